The van der Waals surface area contributed by atoms with Crippen LogP contribution >= 0.6 is 11.8 Å². The van der Waals surface area contributed by atoms with Crippen molar-refractivity contribution < 1.29 is 9.72 Å². The Morgan fingerprint density at radius 3 is 2.36 bits per heavy atom. The van der Waals surface area contributed by atoms with Gasteiger partial charge in [0.15, 0.2) is 0 Å². The molecule has 0 atom stereocenters. The third-order valence-corrected chi connectivity index (χ3v) is 3.99. The topological polar surface area (TPSA) is 72.2 Å². The van der Waals surface area contributed by atoms with E-state index in [1.807, 2.05) is 31.2 Å². The molecule has 0 aliphatic heterocycles. The van der Waals surface area contributed by atoms with E-state index in [4.69, 9.17) is 0 Å². The molecule has 0 radical (unpaired) electrons. The first kappa shape index (κ1) is 16.0. The number of thioether (sulfide) groups is 1. The van der Waals surface area contributed by atoms with Crippen LogP contribution in [0.2, 0.25) is 0 Å². The molecule has 2 aromatic rings. The van der Waals surface area contributed by atoms with Gasteiger partial charge in [0.2, 0.25) is 5.91 Å². The van der Waals surface area contributed by atoms with Crippen LogP contribution in [-0.4, -0.2) is 16.6 Å². The third-order valence-electron chi connectivity index (χ3n) is 2.98. The lowest BCUT2D eigenvalue weighted by atomic mass is 10.2. The Hall–Kier alpha value is -2.34. The van der Waals surface area contributed by atoms with Crippen LogP contribution in [0.25, 0.3) is 0 Å². The summed E-state index contributed by atoms with van der Waals surface area (Å²) in [4.78, 5) is 22.9. The second-order valence-electron chi connectivity index (χ2n) is 4.76. The van der Waals surface area contributed by atoms with E-state index in [-0.39, 0.29) is 11.6 Å². The van der Waals surface area contributed by atoms with Gasteiger partial charge in [0.05, 0.1) is 4.92 Å². The van der Waals surface area contributed by atoms with Crippen molar-refractivity contribution in [1.29, 1.82) is 0 Å². The quantitative estimate of drug-likeness (QED) is 0.496. The van der Waals surface area contributed by atoms with Crippen molar-refractivity contribution in [3.05, 3.63) is 64.2 Å². The Morgan fingerprint density at radius 2 is 1.77 bits per heavy atom. The van der Waals surface area contributed by atoms with Crippen LogP contribution < -0.4 is 5.32 Å². The molecule has 114 valence electrons. The highest BCUT2D eigenvalue weighted by Crippen LogP contribution is 2.22. The molecular weight excluding hydrogens is 300 g/mol. The average Bonchev–Trinajstić information content (AvgIpc) is 2.50. The second kappa shape index (κ2) is 7.61. The van der Waals surface area contributed by atoms with Crippen LogP contribution in [0.3, 0.4) is 0 Å². The van der Waals surface area contributed by atoms with E-state index in [0.29, 0.717) is 12.2 Å². The summed E-state index contributed by atoms with van der Waals surface area (Å²) in [5.41, 5.74) is 2.00. The molecule has 22 heavy (non-hydrogen) atoms. The largest absolute Gasteiger partial charge is 0.326 e. The number of nitro groups is 1. The molecule has 0 aromatic heterocycles. The van der Waals surface area contributed by atoms with Crippen molar-refractivity contribution in [2.45, 2.75) is 18.2 Å². The number of hydrogen-bond acceptors (Lipinski definition) is 4. The zero-order chi connectivity index (χ0) is 15.9. The number of benzene rings is 2. The summed E-state index contributed by atoms with van der Waals surface area (Å²) in [7, 11) is 0. The van der Waals surface area contributed by atoms with Gasteiger partial charge in [0.25, 0.3) is 5.69 Å². The van der Waals surface area contributed by atoms with Gasteiger partial charge in [-0.2, -0.15) is 0 Å². The number of nitrogens with one attached hydrogen (secondary N) is 1. The fourth-order valence-electron chi connectivity index (χ4n) is 1.79. The normalized spacial score (nSPS) is 10.2. The number of aryl methyl sites for hydroxylation is 1. The third kappa shape index (κ3) is 4.89. The van der Waals surface area contributed by atoms with E-state index in [0.717, 1.165) is 16.1 Å². The van der Waals surface area contributed by atoms with Crippen LogP contribution in [0, 0.1) is 17.0 Å². The van der Waals surface area contributed by atoms with Gasteiger partial charge in [0, 0.05) is 34.9 Å². The highest BCUT2D eigenvalue weighted by molar-refractivity contribution is 7.99. The van der Waals surface area contributed by atoms with Crippen molar-refractivity contribution in [3.63, 3.8) is 0 Å². The molecule has 2 rings (SSSR count). The summed E-state index contributed by atoms with van der Waals surface area (Å²) < 4.78 is 0. The maximum Gasteiger partial charge on any atom is 0.269 e. The van der Waals surface area contributed by atoms with Gasteiger partial charge in [-0.3, -0.25) is 14.9 Å². The molecule has 5 nitrogen and oxygen atoms in total. The zero-order valence-electron chi connectivity index (χ0n) is 12.1. The number of rotatable bonds is 6. The molecule has 0 bridgehead atoms. The Kier molecular flexibility index (Phi) is 5.55. The SMILES string of the molecule is Cc1ccc(NC(=O)CCSc2ccc([N+](=O)[O-])cc2)cc1. The fraction of sp³-hybridized carbons (Fsp3) is 0.188. The van der Waals surface area contributed by atoms with Gasteiger partial charge in [-0.15, -0.1) is 11.8 Å². The van der Waals surface area contributed by atoms with Gasteiger partial charge in [-0.05, 0) is 31.2 Å². The lowest BCUT2D eigenvalue weighted by molar-refractivity contribution is -0.384. The number of amides is 1. The Balaban J connectivity index is 1.77. The standard InChI is InChI=1S/C16H16N2O3S/c1-12-2-4-13(5-3-12)17-16(19)10-11-22-15-8-6-14(7-9-15)18(20)21/h2-9H,10-11H2,1H3,(H,17,19). The van der Waals surface area contributed by atoms with Crippen molar-refractivity contribution in [3.8, 4) is 0 Å². The monoisotopic (exact) mass is 316 g/mol. The number of anilines is 1. The average molecular weight is 316 g/mol. The first-order chi connectivity index (χ1) is 10.5. The molecule has 0 fully saturated rings. The minimum absolute atomic E-state index is 0.0433. The van der Waals surface area contributed by atoms with Gasteiger partial charge in [-0.25, -0.2) is 0 Å². The van der Waals surface area contributed by atoms with Gasteiger partial charge in [-0.1, -0.05) is 17.7 Å². The summed E-state index contributed by atoms with van der Waals surface area (Å²) >= 11 is 1.50. The van der Waals surface area contributed by atoms with Gasteiger partial charge < -0.3 is 5.32 Å². The second-order valence-corrected chi connectivity index (χ2v) is 5.93. The number of carbonyl (C=O) groups excluding carboxylic acids is 1. The van der Waals surface area contributed by atoms with Crippen LogP contribution in [0.1, 0.15) is 12.0 Å². The smallest absolute Gasteiger partial charge is 0.269 e. The number of nitrogens with zero attached hydrogens (tertiary/aromatic N) is 1. The molecule has 2 aromatic carbocycles. The molecule has 0 unspecified atom stereocenters. The van der Waals surface area contributed by atoms with Gasteiger partial charge >= 0.3 is 0 Å². The Bertz CT molecular complexity index is 654. The molecular formula is C16H16N2O3S. The lowest BCUT2D eigenvalue weighted by Crippen LogP contribution is -2.12. The van der Waals surface area contributed by atoms with Crippen LogP contribution in [0.15, 0.2) is 53.4 Å². The summed E-state index contributed by atoms with van der Waals surface area (Å²) in [5, 5.41) is 13.4. The van der Waals surface area contributed by atoms with E-state index in [1.165, 1.54) is 23.9 Å². The highest BCUT2D eigenvalue weighted by Gasteiger charge is 2.06. The number of hydrogen-bond donors (Lipinski definition) is 1. The van der Waals surface area contributed by atoms with E-state index >= 15 is 0 Å². The Morgan fingerprint density at radius 1 is 1.14 bits per heavy atom. The van der Waals surface area contributed by atoms with Gasteiger partial charge in [0.1, 0.15) is 0 Å². The molecule has 0 spiro atoms. The number of non-ortho nitro benzene ring substituents is 1. The molecule has 0 heterocycles. The van der Waals surface area contributed by atoms with E-state index < -0.39 is 4.92 Å². The van der Waals surface area contributed by atoms with Crippen molar-refractivity contribution >= 4 is 29.0 Å². The van der Waals surface area contributed by atoms with Crippen LogP contribution in [0.4, 0.5) is 11.4 Å². The molecule has 1 N–H and O–H groups in total. The molecule has 6 heteroatoms. The lowest BCUT2D eigenvalue weighted by Gasteiger charge is -2.05. The minimum Gasteiger partial charge on any atom is -0.326 e. The van der Waals surface area contributed by atoms with E-state index in [2.05, 4.69) is 5.32 Å². The van der Waals surface area contributed by atoms with E-state index in [1.54, 1.807) is 12.1 Å². The zero-order valence-corrected chi connectivity index (χ0v) is 12.9. The number of nitro benzene ring substituents is 1. The predicted molar refractivity (Wildman–Crippen MR) is 88.2 cm³/mol. The maximum absolute atomic E-state index is 11.8. The maximum atomic E-state index is 11.8. The first-order valence-electron chi connectivity index (χ1n) is 6.78. The highest BCUT2D eigenvalue weighted by atomic mass is 32.2. The van der Waals surface area contributed by atoms with Crippen molar-refractivity contribution in [2.24, 2.45) is 0 Å². The summed E-state index contributed by atoms with van der Waals surface area (Å²) in [6, 6.07) is 14.0. The summed E-state index contributed by atoms with van der Waals surface area (Å²) in [5.74, 6) is 0.577. The fourth-order valence-corrected chi connectivity index (χ4v) is 2.64. The van der Waals surface area contributed by atoms with Crippen molar-refractivity contribution in [2.75, 3.05) is 11.1 Å². The molecule has 0 saturated carbocycles. The Labute approximate surface area is 132 Å². The molecule has 1 amide bonds. The molecule has 0 aliphatic carbocycles. The first-order valence-corrected chi connectivity index (χ1v) is 7.77. The summed E-state index contributed by atoms with van der Waals surface area (Å²) in [6.45, 7) is 1.99. The van der Waals surface area contributed by atoms with Crippen molar-refractivity contribution in [1.82, 2.24) is 0 Å². The number of carbonyl (C=O) groups is 1. The minimum atomic E-state index is -0.427. The molecule has 0 saturated heterocycles. The summed E-state index contributed by atoms with van der Waals surface area (Å²) in [6.07, 6.45) is 0.384. The predicted octanol–water partition coefficient (Wildman–Crippen LogP) is 4.02. The van der Waals surface area contributed by atoms with Crippen LogP contribution in [0.5, 0.6) is 0 Å². The van der Waals surface area contributed by atoms with E-state index in [9.17, 15) is 14.9 Å². The van der Waals surface area contributed by atoms with Crippen LogP contribution in [-0.2, 0) is 4.79 Å². The molecule has 0 aliphatic rings.